The maximum atomic E-state index is 5.19. The summed E-state index contributed by atoms with van der Waals surface area (Å²) in [6.07, 6.45) is 4.89. The van der Waals surface area contributed by atoms with Gasteiger partial charge in [0.25, 0.3) is 0 Å². The van der Waals surface area contributed by atoms with E-state index in [2.05, 4.69) is 28.7 Å². The summed E-state index contributed by atoms with van der Waals surface area (Å²) in [4.78, 5) is 5.91. The number of hydrogen-bond acceptors (Lipinski definition) is 3. The molecule has 0 aromatic carbocycles. The van der Waals surface area contributed by atoms with Crippen LogP contribution in [0.3, 0.4) is 0 Å². The lowest BCUT2D eigenvalue weighted by Gasteiger charge is -1.98. The van der Waals surface area contributed by atoms with Crippen LogP contribution < -0.4 is 4.74 Å². The predicted octanol–water partition coefficient (Wildman–Crippen LogP) is 3.00. The fraction of sp³-hybridized carbons (Fsp3) is 0.154. The van der Waals surface area contributed by atoms with Gasteiger partial charge in [-0.15, -0.1) is 11.3 Å². The zero-order chi connectivity index (χ0) is 11.7. The van der Waals surface area contributed by atoms with Crippen molar-refractivity contribution in [3.05, 3.63) is 52.6 Å². The summed E-state index contributed by atoms with van der Waals surface area (Å²) in [5.41, 5.74) is 2.04. The third-order valence-electron chi connectivity index (χ3n) is 2.64. The van der Waals surface area contributed by atoms with E-state index in [1.165, 1.54) is 4.88 Å². The maximum Gasteiger partial charge on any atom is 0.137 e. The molecule has 17 heavy (non-hydrogen) atoms. The number of aromatic nitrogens is 2. The molecule has 0 unspecified atom stereocenters. The first kappa shape index (κ1) is 10.4. The standard InChI is InChI=1S/C13H12N2OS/c1-16-11-4-5-13-14-10(8-15(13)9-11)7-12-3-2-6-17-12/h2-6,8-9H,7H2,1H3. The third kappa shape index (κ3) is 2.03. The molecule has 4 heteroatoms. The zero-order valence-corrected chi connectivity index (χ0v) is 10.3. The summed E-state index contributed by atoms with van der Waals surface area (Å²) in [6.45, 7) is 0. The van der Waals surface area contributed by atoms with Gasteiger partial charge in [-0.25, -0.2) is 4.98 Å². The number of fused-ring (bicyclic) bond motifs is 1. The number of rotatable bonds is 3. The van der Waals surface area contributed by atoms with Crippen molar-refractivity contribution in [2.24, 2.45) is 0 Å². The van der Waals surface area contributed by atoms with Gasteiger partial charge in [0.1, 0.15) is 11.4 Å². The van der Waals surface area contributed by atoms with Crippen LogP contribution in [0, 0.1) is 0 Å². The second kappa shape index (κ2) is 4.22. The normalized spacial score (nSPS) is 10.9. The fourth-order valence-corrected chi connectivity index (χ4v) is 2.54. The van der Waals surface area contributed by atoms with Crippen LogP contribution >= 0.6 is 11.3 Å². The van der Waals surface area contributed by atoms with E-state index in [0.717, 1.165) is 23.5 Å². The Bertz CT molecular complexity index is 628. The number of thiophene rings is 1. The molecule has 3 heterocycles. The summed E-state index contributed by atoms with van der Waals surface area (Å²) >= 11 is 1.76. The highest BCUT2D eigenvalue weighted by Gasteiger charge is 2.04. The van der Waals surface area contributed by atoms with Crippen LogP contribution in [0.25, 0.3) is 5.65 Å². The maximum absolute atomic E-state index is 5.19. The first-order chi connectivity index (χ1) is 8.35. The number of pyridine rings is 1. The van der Waals surface area contributed by atoms with Crippen LogP contribution in [0.5, 0.6) is 5.75 Å². The lowest BCUT2D eigenvalue weighted by Crippen LogP contribution is -1.86. The smallest absolute Gasteiger partial charge is 0.137 e. The Kier molecular flexibility index (Phi) is 2.57. The van der Waals surface area contributed by atoms with Crippen LogP contribution in [-0.2, 0) is 6.42 Å². The van der Waals surface area contributed by atoms with Crippen molar-refractivity contribution >= 4 is 17.0 Å². The van der Waals surface area contributed by atoms with Crippen LogP contribution in [0.15, 0.2) is 42.0 Å². The van der Waals surface area contributed by atoms with Gasteiger partial charge in [0, 0.05) is 17.5 Å². The fourth-order valence-electron chi connectivity index (χ4n) is 1.82. The van der Waals surface area contributed by atoms with Crippen molar-refractivity contribution in [1.82, 2.24) is 9.38 Å². The van der Waals surface area contributed by atoms with E-state index in [9.17, 15) is 0 Å². The van der Waals surface area contributed by atoms with Gasteiger partial charge in [0.15, 0.2) is 0 Å². The minimum atomic E-state index is 0.845. The lowest BCUT2D eigenvalue weighted by molar-refractivity contribution is 0.412. The van der Waals surface area contributed by atoms with E-state index in [0.29, 0.717) is 0 Å². The van der Waals surface area contributed by atoms with Crippen molar-refractivity contribution in [1.29, 1.82) is 0 Å². The molecule has 0 aliphatic rings. The van der Waals surface area contributed by atoms with E-state index in [1.54, 1.807) is 18.4 Å². The Morgan fingerprint density at radius 1 is 1.29 bits per heavy atom. The lowest BCUT2D eigenvalue weighted by atomic mass is 10.3. The first-order valence-corrected chi connectivity index (χ1v) is 6.27. The van der Waals surface area contributed by atoms with Gasteiger partial charge in [-0.3, -0.25) is 0 Å². The molecule has 0 spiro atoms. The minimum Gasteiger partial charge on any atom is -0.495 e. The van der Waals surface area contributed by atoms with E-state index >= 15 is 0 Å². The molecule has 0 aliphatic carbocycles. The number of methoxy groups -OCH3 is 1. The molecule has 3 aromatic heterocycles. The number of nitrogens with zero attached hydrogens (tertiary/aromatic N) is 2. The topological polar surface area (TPSA) is 26.5 Å². The van der Waals surface area contributed by atoms with Crippen molar-refractivity contribution in [2.45, 2.75) is 6.42 Å². The average molecular weight is 244 g/mol. The predicted molar refractivity (Wildman–Crippen MR) is 68.9 cm³/mol. The molecule has 0 saturated heterocycles. The van der Waals surface area contributed by atoms with Crippen molar-refractivity contribution in [3.63, 3.8) is 0 Å². The number of imidazole rings is 1. The molecule has 0 saturated carbocycles. The van der Waals surface area contributed by atoms with Crippen LogP contribution in [-0.4, -0.2) is 16.5 Å². The van der Waals surface area contributed by atoms with E-state index in [4.69, 9.17) is 4.74 Å². The van der Waals surface area contributed by atoms with Crippen LogP contribution in [0.1, 0.15) is 10.6 Å². The summed E-state index contributed by atoms with van der Waals surface area (Å²) in [5, 5.41) is 2.09. The second-order valence-corrected chi connectivity index (χ2v) is 4.86. The van der Waals surface area contributed by atoms with Gasteiger partial charge in [-0.05, 0) is 23.6 Å². The van der Waals surface area contributed by atoms with Crippen molar-refractivity contribution < 1.29 is 4.74 Å². The second-order valence-electron chi connectivity index (χ2n) is 3.82. The van der Waals surface area contributed by atoms with Gasteiger partial charge >= 0.3 is 0 Å². The number of hydrogen-bond donors (Lipinski definition) is 0. The highest BCUT2D eigenvalue weighted by atomic mass is 32.1. The minimum absolute atomic E-state index is 0.845. The van der Waals surface area contributed by atoms with E-state index in [1.807, 2.05) is 22.7 Å². The van der Waals surface area contributed by atoms with Gasteiger partial charge in [-0.2, -0.15) is 0 Å². The Hall–Kier alpha value is -1.81. The average Bonchev–Trinajstić information content (AvgIpc) is 2.96. The molecule has 0 fully saturated rings. The Balaban J connectivity index is 1.96. The van der Waals surface area contributed by atoms with Crippen molar-refractivity contribution in [3.8, 4) is 5.75 Å². The highest BCUT2D eigenvalue weighted by molar-refractivity contribution is 7.09. The Morgan fingerprint density at radius 2 is 2.24 bits per heavy atom. The SMILES string of the molecule is COc1ccc2nc(Cc3cccs3)cn2c1. The van der Waals surface area contributed by atoms with Gasteiger partial charge in [0.05, 0.1) is 19.0 Å². The zero-order valence-electron chi connectivity index (χ0n) is 9.46. The van der Waals surface area contributed by atoms with Crippen molar-refractivity contribution in [2.75, 3.05) is 7.11 Å². The molecule has 0 radical (unpaired) electrons. The third-order valence-corrected chi connectivity index (χ3v) is 3.52. The molecular weight excluding hydrogens is 232 g/mol. The summed E-state index contributed by atoms with van der Waals surface area (Å²) in [5.74, 6) is 0.845. The molecular formula is C13H12N2OS. The van der Waals surface area contributed by atoms with E-state index < -0.39 is 0 Å². The first-order valence-electron chi connectivity index (χ1n) is 5.39. The monoisotopic (exact) mass is 244 g/mol. The van der Waals surface area contributed by atoms with Crippen LogP contribution in [0.2, 0.25) is 0 Å². The van der Waals surface area contributed by atoms with Crippen LogP contribution in [0.4, 0.5) is 0 Å². The van der Waals surface area contributed by atoms with Gasteiger partial charge < -0.3 is 9.14 Å². The highest BCUT2D eigenvalue weighted by Crippen LogP contribution is 2.17. The molecule has 0 amide bonds. The summed E-state index contributed by atoms with van der Waals surface area (Å²) < 4.78 is 7.19. The molecule has 3 nitrogen and oxygen atoms in total. The molecule has 3 aromatic rings. The Labute approximate surface area is 103 Å². The molecule has 0 bridgehead atoms. The number of ether oxygens (including phenoxy) is 1. The summed E-state index contributed by atoms with van der Waals surface area (Å²) in [7, 11) is 1.67. The molecule has 0 N–H and O–H groups in total. The Morgan fingerprint density at radius 3 is 3.00 bits per heavy atom. The molecule has 86 valence electrons. The van der Waals surface area contributed by atoms with E-state index in [-0.39, 0.29) is 0 Å². The van der Waals surface area contributed by atoms with Gasteiger partial charge in [-0.1, -0.05) is 6.07 Å². The quantitative estimate of drug-likeness (QED) is 0.708. The molecule has 0 aliphatic heterocycles. The molecule has 3 rings (SSSR count). The largest absolute Gasteiger partial charge is 0.495 e. The van der Waals surface area contributed by atoms with Gasteiger partial charge in [0.2, 0.25) is 0 Å². The summed E-state index contributed by atoms with van der Waals surface area (Å²) in [6, 6.07) is 8.10. The molecule has 0 atom stereocenters.